The molecule has 1 aliphatic rings. The molecule has 0 radical (unpaired) electrons. The minimum Gasteiger partial charge on any atom is -0.352 e. The average molecular weight is 552 g/mol. The lowest BCUT2D eigenvalue weighted by Gasteiger charge is -2.33. The maximum Gasteiger partial charge on any atom is 0.243 e. The Kier molecular flexibility index (Phi) is 10.3. The van der Waals surface area contributed by atoms with Crippen LogP contribution in [0.3, 0.4) is 0 Å². The SMILES string of the molecule is CCc1ccc(CCC(=O)N(Cc2c(Cl)cccc2Cl)[C@H](Cc2ccccc2)C(=O)NC2CCCC2)cc1. The number of carbonyl (C=O) groups is 2. The molecule has 0 aromatic heterocycles. The summed E-state index contributed by atoms with van der Waals surface area (Å²) in [6.07, 6.45) is 6.45. The van der Waals surface area contributed by atoms with E-state index in [4.69, 9.17) is 23.2 Å². The van der Waals surface area contributed by atoms with E-state index in [1.807, 2.05) is 30.3 Å². The average Bonchev–Trinajstić information content (AvgIpc) is 3.44. The number of carbonyl (C=O) groups excluding carboxylic acids is 2. The van der Waals surface area contributed by atoms with Gasteiger partial charge in [0.05, 0.1) is 0 Å². The predicted molar refractivity (Wildman–Crippen MR) is 155 cm³/mol. The molecule has 0 aliphatic heterocycles. The van der Waals surface area contributed by atoms with E-state index in [2.05, 4.69) is 36.5 Å². The van der Waals surface area contributed by atoms with Crippen LogP contribution in [0.4, 0.5) is 0 Å². The molecule has 2 amide bonds. The molecule has 3 aromatic rings. The maximum atomic E-state index is 13.9. The lowest BCUT2D eigenvalue weighted by Crippen LogP contribution is -2.52. The molecule has 4 nitrogen and oxygen atoms in total. The topological polar surface area (TPSA) is 49.4 Å². The van der Waals surface area contributed by atoms with Crippen molar-refractivity contribution in [2.24, 2.45) is 0 Å². The predicted octanol–water partition coefficient (Wildman–Crippen LogP) is 7.19. The van der Waals surface area contributed by atoms with Crippen LogP contribution in [0.15, 0.2) is 72.8 Å². The van der Waals surface area contributed by atoms with E-state index < -0.39 is 6.04 Å². The normalized spacial score (nSPS) is 14.3. The molecule has 0 unspecified atom stereocenters. The van der Waals surface area contributed by atoms with Gasteiger partial charge in [0.1, 0.15) is 6.04 Å². The van der Waals surface area contributed by atoms with Crippen LogP contribution >= 0.6 is 23.2 Å². The van der Waals surface area contributed by atoms with Crippen LogP contribution in [-0.2, 0) is 35.4 Å². The van der Waals surface area contributed by atoms with Gasteiger partial charge in [0.25, 0.3) is 0 Å². The van der Waals surface area contributed by atoms with E-state index in [9.17, 15) is 9.59 Å². The van der Waals surface area contributed by atoms with Gasteiger partial charge in [-0.2, -0.15) is 0 Å². The van der Waals surface area contributed by atoms with Crippen LogP contribution in [0.25, 0.3) is 0 Å². The van der Waals surface area contributed by atoms with Gasteiger partial charge in [-0.3, -0.25) is 9.59 Å². The Bertz CT molecular complexity index is 1190. The summed E-state index contributed by atoms with van der Waals surface area (Å²) in [5.74, 6) is -0.215. The van der Waals surface area contributed by atoms with E-state index in [0.29, 0.717) is 28.5 Å². The standard InChI is InChI=1S/C32H36Cl2N2O2/c1-2-23-15-17-24(18-16-23)19-20-31(37)36(22-27-28(33)13-8-14-29(27)34)30(21-25-9-4-3-5-10-25)32(38)35-26-11-6-7-12-26/h3-5,8-10,13-18,26,30H,2,6-7,11-12,19-22H2,1H3,(H,35,38)/t30-/m1/s1. The Morgan fingerprint density at radius 3 is 2.13 bits per heavy atom. The first kappa shape index (κ1) is 28.2. The third-order valence-electron chi connectivity index (χ3n) is 7.42. The molecule has 0 bridgehead atoms. The summed E-state index contributed by atoms with van der Waals surface area (Å²) < 4.78 is 0. The molecule has 1 saturated carbocycles. The highest BCUT2D eigenvalue weighted by molar-refractivity contribution is 6.36. The summed E-state index contributed by atoms with van der Waals surface area (Å²) in [6, 6.07) is 23.0. The van der Waals surface area contributed by atoms with Crippen LogP contribution in [0.2, 0.25) is 10.0 Å². The summed E-state index contributed by atoms with van der Waals surface area (Å²) in [5, 5.41) is 4.21. The van der Waals surface area contributed by atoms with Gasteiger partial charge in [0.2, 0.25) is 11.8 Å². The molecular weight excluding hydrogens is 515 g/mol. The Hall–Kier alpha value is -2.82. The van der Waals surface area contributed by atoms with Gasteiger partial charge in [0, 0.05) is 41.0 Å². The summed E-state index contributed by atoms with van der Waals surface area (Å²) in [7, 11) is 0. The summed E-state index contributed by atoms with van der Waals surface area (Å²) >= 11 is 13.1. The van der Waals surface area contributed by atoms with E-state index in [-0.39, 0.29) is 30.8 Å². The first-order chi connectivity index (χ1) is 18.4. The van der Waals surface area contributed by atoms with Crippen molar-refractivity contribution in [2.75, 3.05) is 0 Å². The largest absolute Gasteiger partial charge is 0.352 e. The molecule has 1 aliphatic carbocycles. The molecule has 1 fully saturated rings. The lowest BCUT2D eigenvalue weighted by molar-refractivity contribution is -0.141. The molecule has 0 saturated heterocycles. The number of rotatable bonds is 11. The molecule has 0 heterocycles. The molecule has 0 spiro atoms. The second-order valence-electron chi connectivity index (χ2n) is 10.1. The minimum atomic E-state index is -0.680. The van der Waals surface area contributed by atoms with E-state index in [0.717, 1.165) is 43.2 Å². The summed E-state index contributed by atoms with van der Waals surface area (Å²) in [5.41, 5.74) is 4.02. The summed E-state index contributed by atoms with van der Waals surface area (Å²) in [6.45, 7) is 2.29. The third-order valence-corrected chi connectivity index (χ3v) is 8.13. The number of aryl methyl sites for hydroxylation is 2. The van der Waals surface area contributed by atoms with Crippen molar-refractivity contribution in [1.82, 2.24) is 10.2 Å². The molecule has 1 atom stereocenters. The highest BCUT2D eigenvalue weighted by atomic mass is 35.5. The molecule has 6 heteroatoms. The van der Waals surface area contributed by atoms with Gasteiger partial charge in [0.15, 0.2) is 0 Å². The molecule has 200 valence electrons. The highest BCUT2D eigenvalue weighted by Gasteiger charge is 2.32. The van der Waals surface area contributed by atoms with Crippen molar-refractivity contribution in [3.8, 4) is 0 Å². The molecular formula is C32H36Cl2N2O2. The van der Waals surface area contributed by atoms with Gasteiger partial charge in [-0.15, -0.1) is 0 Å². The zero-order valence-electron chi connectivity index (χ0n) is 22.0. The molecule has 4 rings (SSSR count). The van der Waals surface area contributed by atoms with E-state index in [1.165, 1.54) is 5.56 Å². The van der Waals surface area contributed by atoms with Crippen LogP contribution in [-0.4, -0.2) is 28.8 Å². The number of hydrogen-bond donors (Lipinski definition) is 1. The van der Waals surface area contributed by atoms with Crippen LogP contribution < -0.4 is 5.32 Å². The van der Waals surface area contributed by atoms with Crippen LogP contribution in [0, 0.1) is 0 Å². The number of nitrogens with one attached hydrogen (secondary N) is 1. The van der Waals surface area contributed by atoms with Crippen molar-refractivity contribution >= 4 is 35.0 Å². The zero-order chi connectivity index (χ0) is 26.9. The molecule has 38 heavy (non-hydrogen) atoms. The van der Waals surface area contributed by atoms with Crippen molar-refractivity contribution in [3.05, 3.63) is 105 Å². The Morgan fingerprint density at radius 2 is 1.50 bits per heavy atom. The van der Waals surface area contributed by atoms with Crippen molar-refractivity contribution in [2.45, 2.75) is 76.9 Å². The zero-order valence-corrected chi connectivity index (χ0v) is 23.5. The molecule has 3 aromatic carbocycles. The quantitative estimate of drug-likeness (QED) is 0.274. The minimum absolute atomic E-state index is 0.0944. The maximum absolute atomic E-state index is 13.9. The lowest BCUT2D eigenvalue weighted by atomic mass is 10.0. The van der Waals surface area contributed by atoms with Crippen molar-refractivity contribution < 1.29 is 9.59 Å². The van der Waals surface area contributed by atoms with Gasteiger partial charge >= 0.3 is 0 Å². The monoisotopic (exact) mass is 550 g/mol. The van der Waals surface area contributed by atoms with Crippen molar-refractivity contribution in [3.63, 3.8) is 0 Å². The van der Waals surface area contributed by atoms with Gasteiger partial charge < -0.3 is 10.2 Å². The first-order valence-electron chi connectivity index (χ1n) is 13.6. The highest BCUT2D eigenvalue weighted by Crippen LogP contribution is 2.28. The van der Waals surface area contributed by atoms with Crippen LogP contribution in [0.5, 0.6) is 0 Å². The Morgan fingerprint density at radius 1 is 0.868 bits per heavy atom. The third kappa shape index (κ3) is 7.61. The number of nitrogens with zero attached hydrogens (tertiary/aromatic N) is 1. The fraction of sp³-hybridized carbons (Fsp3) is 0.375. The Labute approximate surface area is 236 Å². The first-order valence-corrected chi connectivity index (χ1v) is 14.3. The number of halogens is 2. The van der Waals surface area contributed by atoms with Gasteiger partial charge in [-0.25, -0.2) is 0 Å². The number of benzene rings is 3. The fourth-order valence-electron chi connectivity index (χ4n) is 5.11. The van der Waals surface area contributed by atoms with Gasteiger partial charge in [-0.1, -0.05) is 104 Å². The number of amides is 2. The Balaban J connectivity index is 1.63. The van der Waals surface area contributed by atoms with Gasteiger partial charge in [-0.05, 0) is 54.5 Å². The van der Waals surface area contributed by atoms with Crippen molar-refractivity contribution in [1.29, 1.82) is 0 Å². The molecule has 1 N–H and O–H groups in total. The smallest absolute Gasteiger partial charge is 0.243 e. The second kappa shape index (κ2) is 13.8. The second-order valence-corrected chi connectivity index (χ2v) is 10.9. The van der Waals surface area contributed by atoms with E-state index in [1.54, 1.807) is 23.1 Å². The summed E-state index contributed by atoms with van der Waals surface area (Å²) in [4.78, 5) is 29.4. The number of hydrogen-bond acceptors (Lipinski definition) is 2. The van der Waals surface area contributed by atoms with Crippen LogP contribution in [0.1, 0.15) is 61.3 Å². The van der Waals surface area contributed by atoms with E-state index >= 15 is 0 Å². The fourth-order valence-corrected chi connectivity index (χ4v) is 5.63.